The zero-order valence-corrected chi connectivity index (χ0v) is 9.08. The molecule has 0 aromatic rings. The third kappa shape index (κ3) is 4.37. The van der Waals surface area contributed by atoms with Crippen LogP contribution in [0.1, 0.15) is 12.8 Å². The third-order valence-corrected chi connectivity index (χ3v) is 2.48. The zero-order valence-electron chi connectivity index (χ0n) is 9.08. The standard InChI is InChI=1S/C10H22N2O2/c1-13-9-10(14-7-4-11)8-12-5-2-3-6-12/h10H,2-9,11H2,1H3. The number of likely N-dealkylation sites (tertiary alicyclic amines) is 1. The van der Waals surface area contributed by atoms with E-state index in [9.17, 15) is 0 Å². The molecule has 1 atom stereocenters. The fraction of sp³-hybridized carbons (Fsp3) is 1.00. The van der Waals surface area contributed by atoms with Gasteiger partial charge in [0.05, 0.1) is 19.3 Å². The monoisotopic (exact) mass is 202 g/mol. The van der Waals surface area contributed by atoms with E-state index in [1.165, 1.54) is 25.9 Å². The highest BCUT2D eigenvalue weighted by molar-refractivity contribution is 4.71. The quantitative estimate of drug-likeness (QED) is 0.635. The summed E-state index contributed by atoms with van der Waals surface area (Å²) in [5.41, 5.74) is 5.40. The lowest BCUT2D eigenvalue weighted by atomic mass is 10.3. The first-order chi connectivity index (χ1) is 6.86. The Bertz CT molecular complexity index is 138. The summed E-state index contributed by atoms with van der Waals surface area (Å²) in [7, 11) is 1.71. The fourth-order valence-corrected chi connectivity index (χ4v) is 1.83. The highest BCUT2D eigenvalue weighted by atomic mass is 16.5. The Kier molecular flexibility index (Phi) is 6.10. The first-order valence-electron chi connectivity index (χ1n) is 5.39. The van der Waals surface area contributed by atoms with Crippen LogP contribution in [-0.2, 0) is 9.47 Å². The summed E-state index contributed by atoms with van der Waals surface area (Å²) in [6.07, 6.45) is 2.81. The molecule has 1 saturated heterocycles. The summed E-state index contributed by atoms with van der Waals surface area (Å²) in [5.74, 6) is 0. The Balaban J connectivity index is 2.18. The Hall–Kier alpha value is -0.160. The van der Waals surface area contributed by atoms with Crippen LogP contribution in [0.4, 0.5) is 0 Å². The van der Waals surface area contributed by atoms with E-state index in [0.717, 1.165) is 6.54 Å². The molecule has 1 unspecified atom stereocenters. The van der Waals surface area contributed by atoms with Gasteiger partial charge in [-0.3, -0.25) is 0 Å². The molecule has 1 heterocycles. The van der Waals surface area contributed by atoms with Crippen molar-refractivity contribution >= 4 is 0 Å². The lowest BCUT2D eigenvalue weighted by molar-refractivity contribution is -0.0140. The van der Waals surface area contributed by atoms with Gasteiger partial charge in [-0.15, -0.1) is 0 Å². The van der Waals surface area contributed by atoms with Crippen LogP contribution in [0, 0.1) is 0 Å². The van der Waals surface area contributed by atoms with Crippen molar-refractivity contribution in [2.45, 2.75) is 18.9 Å². The van der Waals surface area contributed by atoms with Crippen molar-refractivity contribution < 1.29 is 9.47 Å². The predicted molar refractivity (Wildman–Crippen MR) is 56.3 cm³/mol. The number of rotatable bonds is 7. The molecule has 0 aromatic carbocycles. The maximum absolute atomic E-state index is 5.60. The van der Waals surface area contributed by atoms with Gasteiger partial charge in [0.25, 0.3) is 0 Å². The van der Waals surface area contributed by atoms with E-state index in [0.29, 0.717) is 19.8 Å². The van der Waals surface area contributed by atoms with E-state index in [1.54, 1.807) is 7.11 Å². The molecule has 1 aliphatic heterocycles. The summed E-state index contributed by atoms with van der Waals surface area (Å²) in [4.78, 5) is 2.43. The minimum absolute atomic E-state index is 0.182. The van der Waals surface area contributed by atoms with E-state index in [-0.39, 0.29) is 6.10 Å². The zero-order chi connectivity index (χ0) is 10.2. The van der Waals surface area contributed by atoms with Crippen LogP contribution in [-0.4, -0.2) is 57.5 Å². The van der Waals surface area contributed by atoms with Gasteiger partial charge >= 0.3 is 0 Å². The minimum atomic E-state index is 0.182. The molecule has 84 valence electrons. The van der Waals surface area contributed by atoms with Crippen molar-refractivity contribution in [3.8, 4) is 0 Å². The molecule has 14 heavy (non-hydrogen) atoms. The molecule has 0 aliphatic carbocycles. The molecule has 0 saturated carbocycles. The number of hydrogen-bond donors (Lipinski definition) is 1. The van der Waals surface area contributed by atoms with Crippen molar-refractivity contribution in [3.63, 3.8) is 0 Å². The molecule has 0 spiro atoms. The normalized spacial score (nSPS) is 20.1. The van der Waals surface area contributed by atoms with Crippen molar-refractivity contribution in [1.29, 1.82) is 0 Å². The molecule has 1 fully saturated rings. The van der Waals surface area contributed by atoms with Crippen LogP contribution in [0.15, 0.2) is 0 Å². The first-order valence-corrected chi connectivity index (χ1v) is 5.39. The van der Waals surface area contributed by atoms with Crippen LogP contribution >= 0.6 is 0 Å². The van der Waals surface area contributed by atoms with Gasteiger partial charge < -0.3 is 20.1 Å². The van der Waals surface area contributed by atoms with Crippen LogP contribution < -0.4 is 5.73 Å². The van der Waals surface area contributed by atoms with Gasteiger partial charge in [0.15, 0.2) is 0 Å². The fourth-order valence-electron chi connectivity index (χ4n) is 1.83. The van der Waals surface area contributed by atoms with Gasteiger partial charge in [-0.2, -0.15) is 0 Å². The topological polar surface area (TPSA) is 47.7 Å². The Labute approximate surface area is 86.3 Å². The van der Waals surface area contributed by atoms with Gasteiger partial charge in [-0.25, -0.2) is 0 Å². The lowest BCUT2D eigenvalue weighted by Crippen LogP contribution is -2.35. The Morgan fingerprint density at radius 2 is 2.07 bits per heavy atom. The average molecular weight is 202 g/mol. The number of nitrogens with zero attached hydrogens (tertiary/aromatic N) is 1. The maximum Gasteiger partial charge on any atom is 0.0935 e. The number of ether oxygens (including phenoxy) is 2. The van der Waals surface area contributed by atoms with Crippen LogP contribution in [0.5, 0.6) is 0 Å². The van der Waals surface area contributed by atoms with Crippen molar-refractivity contribution in [2.75, 3.05) is 46.5 Å². The Morgan fingerprint density at radius 1 is 1.36 bits per heavy atom. The molecule has 1 aliphatic rings. The minimum Gasteiger partial charge on any atom is -0.382 e. The molecular formula is C10H22N2O2. The number of hydrogen-bond acceptors (Lipinski definition) is 4. The molecule has 1 rings (SSSR count). The second kappa shape index (κ2) is 7.17. The third-order valence-electron chi connectivity index (χ3n) is 2.48. The second-order valence-corrected chi connectivity index (χ2v) is 3.74. The van der Waals surface area contributed by atoms with Crippen LogP contribution in [0.25, 0.3) is 0 Å². The molecule has 0 radical (unpaired) electrons. The largest absolute Gasteiger partial charge is 0.382 e. The van der Waals surface area contributed by atoms with Gasteiger partial charge in [-0.05, 0) is 25.9 Å². The number of nitrogens with two attached hydrogens (primary N) is 1. The molecule has 0 amide bonds. The molecular weight excluding hydrogens is 180 g/mol. The second-order valence-electron chi connectivity index (χ2n) is 3.74. The van der Waals surface area contributed by atoms with E-state index in [1.807, 2.05) is 0 Å². The summed E-state index contributed by atoms with van der Waals surface area (Å²) < 4.78 is 10.7. The average Bonchev–Trinajstić information content (AvgIpc) is 2.67. The number of methoxy groups -OCH3 is 1. The molecule has 4 nitrogen and oxygen atoms in total. The van der Waals surface area contributed by atoms with Crippen molar-refractivity contribution in [3.05, 3.63) is 0 Å². The molecule has 0 bridgehead atoms. The van der Waals surface area contributed by atoms with Gasteiger partial charge in [0.1, 0.15) is 0 Å². The summed E-state index contributed by atoms with van der Waals surface area (Å²) in [6.45, 7) is 5.25. The van der Waals surface area contributed by atoms with E-state index in [4.69, 9.17) is 15.2 Å². The van der Waals surface area contributed by atoms with Crippen molar-refractivity contribution in [2.24, 2.45) is 5.73 Å². The van der Waals surface area contributed by atoms with E-state index < -0.39 is 0 Å². The predicted octanol–water partition coefficient (Wildman–Crippen LogP) is 0.0725. The summed E-state index contributed by atoms with van der Waals surface area (Å²) in [5, 5.41) is 0. The van der Waals surface area contributed by atoms with Crippen molar-refractivity contribution in [1.82, 2.24) is 4.90 Å². The highest BCUT2D eigenvalue weighted by Gasteiger charge is 2.17. The maximum atomic E-state index is 5.60. The van der Waals surface area contributed by atoms with Crippen LogP contribution in [0.2, 0.25) is 0 Å². The molecule has 2 N–H and O–H groups in total. The van der Waals surface area contributed by atoms with E-state index >= 15 is 0 Å². The summed E-state index contributed by atoms with van der Waals surface area (Å²) >= 11 is 0. The Morgan fingerprint density at radius 3 is 2.64 bits per heavy atom. The lowest BCUT2D eigenvalue weighted by Gasteiger charge is -2.22. The van der Waals surface area contributed by atoms with Gasteiger partial charge in [0, 0.05) is 20.2 Å². The van der Waals surface area contributed by atoms with Gasteiger partial charge in [0.2, 0.25) is 0 Å². The first kappa shape index (κ1) is 11.9. The van der Waals surface area contributed by atoms with E-state index in [2.05, 4.69) is 4.90 Å². The van der Waals surface area contributed by atoms with Gasteiger partial charge in [-0.1, -0.05) is 0 Å². The summed E-state index contributed by atoms with van der Waals surface area (Å²) in [6, 6.07) is 0. The highest BCUT2D eigenvalue weighted by Crippen LogP contribution is 2.09. The molecule has 4 heteroatoms. The van der Waals surface area contributed by atoms with Crippen LogP contribution in [0.3, 0.4) is 0 Å². The smallest absolute Gasteiger partial charge is 0.0935 e. The molecule has 0 aromatic heterocycles. The SMILES string of the molecule is COCC(CN1CCCC1)OCCN.